The fraction of sp³-hybridized carbons (Fsp3) is 0.200. The molecule has 1 aromatic carbocycles. The quantitative estimate of drug-likeness (QED) is 0.945. The van der Waals surface area contributed by atoms with E-state index in [9.17, 15) is 9.59 Å². The largest absolute Gasteiger partial charge is 0.340 e. The topological polar surface area (TPSA) is 49.4 Å². The van der Waals surface area contributed by atoms with Gasteiger partial charge in [0.1, 0.15) is 6.04 Å². The number of hydrogen-bond donors (Lipinski definition) is 1. The third-order valence-corrected chi connectivity index (χ3v) is 4.44. The Kier molecular flexibility index (Phi) is 3.94. The average molecular weight is 321 g/mol. The van der Waals surface area contributed by atoms with E-state index in [1.54, 1.807) is 22.4 Å². The van der Waals surface area contributed by atoms with Crippen molar-refractivity contribution in [3.8, 4) is 0 Å². The van der Waals surface area contributed by atoms with Crippen LogP contribution in [0.1, 0.15) is 16.8 Å². The van der Waals surface area contributed by atoms with Crippen LogP contribution in [0.4, 0.5) is 5.69 Å². The number of nitrogens with one attached hydrogen (secondary N) is 1. The smallest absolute Gasteiger partial charge is 0.252 e. The first-order chi connectivity index (χ1) is 10.2. The highest BCUT2D eigenvalue weighted by Gasteiger charge is 2.34. The van der Waals surface area contributed by atoms with E-state index >= 15 is 0 Å². The molecule has 4 nitrogen and oxygen atoms in total. The van der Waals surface area contributed by atoms with Crippen LogP contribution >= 0.6 is 22.9 Å². The van der Waals surface area contributed by atoms with Crippen molar-refractivity contribution in [3.05, 3.63) is 51.7 Å². The minimum absolute atomic E-state index is 0.119. The van der Waals surface area contributed by atoms with E-state index in [1.165, 1.54) is 11.3 Å². The second-order valence-corrected chi connectivity index (χ2v) is 5.96. The number of nitrogens with zero attached hydrogens (tertiary/aromatic N) is 1. The van der Waals surface area contributed by atoms with Crippen LogP contribution in [0.5, 0.6) is 0 Å². The summed E-state index contributed by atoms with van der Waals surface area (Å²) in [5.74, 6) is -0.331. The summed E-state index contributed by atoms with van der Waals surface area (Å²) in [6.45, 7) is 0.553. The normalized spacial score (nSPS) is 18.0. The predicted molar refractivity (Wildman–Crippen MR) is 84.0 cm³/mol. The molecule has 1 saturated heterocycles. The Morgan fingerprint density at radius 2 is 2.14 bits per heavy atom. The number of anilines is 1. The van der Waals surface area contributed by atoms with Gasteiger partial charge < -0.3 is 10.2 Å². The van der Waals surface area contributed by atoms with Gasteiger partial charge in [0.15, 0.2) is 0 Å². The Hall–Kier alpha value is -1.85. The first kappa shape index (κ1) is 14.1. The molecule has 21 heavy (non-hydrogen) atoms. The Morgan fingerprint density at radius 3 is 2.86 bits per heavy atom. The first-order valence-electron chi connectivity index (χ1n) is 6.56. The maximum atomic E-state index is 12.4. The maximum absolute atomic E-state index is 12.4. The van der Waals surface area contributed by atoms with Gasteiger partial charge in [-0.1, -0.05) is 23.7 Å². The molecule has 0 bridgehead atoms. The van der Waals surface area contributed by atoms with Crippen LogP contribution in [-0.2, 0) is 4.79 Å². The number of hydrogen-bond acceptors (Lipinski definition) is 3. The van der Waals surface area contributed by atoms with Crippen molar-refractivity contribution >= 4 is 40.4 Å². The standard InChI is InChI=1S/C15H13ClN2O2S/c16-11-3-1-2-4-13(11)18-7-5-12(15(18)20)17-14(19)10-6-8-21-9-10/h1-4,6,8-9,12H,5,7H2,(H,17,19)/t12-/m1/s1. The number of carbonyl (C=O) groups excluding carboxylic acids is 2. The molecular weight excluding hydrogens is 308 g/mol. The van der Waals surface area contributed by atoms with Gasteiger partial charge in [0.2, 0.25) is 5.91 Å². The van der Waals surface area contributed by atoms with Gasteiger partial charge in [-0.05, 0) is 30.0 Å². The van der Waals surface area contributed by atoms with Crippen LogP contribution in [0.3, 0.4) is 0 Å². The summed E-state index contributed by atoms with van der Waals surface area (Å²) in [5.41, 5.74) is 1.28. The van der Waals surface area contributed by atoms with Gasteiger partial charge in [-0.25, -0.2) is 0 Å². The molecule has 1 aromatic heterocycles. The Bertz CT molecular complexity index is 672. The van der Waals surface area contributed by atoms with Crippen molar-refractivity contribution in [2.24, 2.45) is 0 Å². The molecule has 0 aliphatic carbocycles. The van der Waals surface area contributed by atoms with Crippen molar-refractivity contribution in [1.29, 1.82) is 0 Å². The summed E-state index contributed by atoms with van der Waals surface area (Å²) in [5, 5.41) is 6.92. The van der Waals surface area contributed by atoms with Crippen LogP contribution in [0.15, 0.2) is 41.1 Å². The van der Waals surface area contributed by atoms with Gasteiger partial charge in [0, 0.05) is 11.9 Å². The van der Waals surface area contributed by atoms with Gasteiger partial charge in [-0.2, -0.15) is 11.3 Å². The molecule has 1 aliphatic rings. The lowest BCUT2D eigenvalue weighted by Gasteiger charge is -2.18. The molecule has 3 rings (SSSR count). The van der Waals surface area contributed by atoms with Crippen LogP contribution in [0.25, 0.3) is 0 Å². The monoisotopic (exact) mass is 320 g/mol. The van der Waals surface area contributed by atoms with Crippen molar-refractivity contribution in [2.75, 3.05) is 11.4 Å². The zero-order valence-electron chi connectivity index (χ0n) is 11.1. The van der Waals surface area contributed by atoms with E-state index in [2.05, 4.69) is 5.32 Å². The molecule has 0 spiro atoms. The fourth-order valence-corrected chi connectivity index (χ4v) is 3.23. The molecular formula is C15H13ClN2O2S. The number of amides is 2. The predicted octanol–water partition coefficient (Wildman–Crippen LogP) is 2.94. The van der Waals surface area contributed by atoms with Crippen LogP contribution in [0, 0.1) is 0 Å². The van der Waals surface area contributed by atoms with Crippen molar-refractivity contribution in [2.45, 2.75) is 12.5 Å². The van der Waals surface area contributed by atoms with Gasteiger partial charge in [0.25, 0.3) is 5.91 Å². The van der Waals surface area contributed by atoms with Crippen molar-refractivity contribution < 1.29 is 9.59 Å². The molecule has 108 valence electrons. The molecule has 1 atom stereocenters. The second kappa shape index (κ2) is 5.87. The van der Waals surface area contributed by atoms with Gasteiger partial charge in [0.05, 0.1) is 16.3 Å². The van der Waals surface area contributed by atoms with E-state index < -0.39 is 6.04 Å². The van der Waals surface area contributed by atoms with E-state index in [0.717, 1.165) is 0 Å². The summed E-state index contributed by atoms with van der Waals surface area (Å²) in [6, 6.07) is 8.47. The molecule has 1 fully saturated rings. The summed E-state index contributed by atoms with van der Waals surface area (Å²) >= 11 is 7.58. The number of carbonyl (C=O) groups is 2. The second-order valence-electron chi connectivity index (χ2n) is 4.77. The summed E-state index contributed by atoms with van der Waals surface area (Å²) < 4.78 is 0. The maximum Gasteiger partial charge on any atom is 0.252 e. The number of para-hydroxylation sites is 1. The lowest BCUT2D eigenvalue weighted by molar-refractivity contribution is -0.118. The lowest BCUT2D eigenvalue weighted by atomic mass is 10.2. The van der Waals surface area contributed by atoms with E-state index in [-0.39, 0.29) is 11.8 Å². The molecule has 1 N–H and O–H groups in total. The molecule has 2 heterocycles. The minimum Gasteiger partial charge on any atom is -0.340 e. The van der Waals surface area contributed by atoms with E-state index in [1.807, 2.05) is 23.6 Å². The molecule has 0 radical (unpaired) electrons. The highest BCUT2D eigenvalue weighted by atomic mass is 35.5. The van der Waals surface area contributed by atoms with Crippen molar-refractivity contribution in [3.63, 3.8) is 0 Å². The van der Waals surface area contributed by atoms with E-state index in [0.29, 0.717) is 29.2 Å². The zero-order chi connectivity index (χ0) is 14.8. The summed E-state index contributed by atoms with van der Waals surface area (Å²) in [4.78, 5) is 26.1. The molecule has 0 saturated carbocycles. The first-order valence-corrected chi connectivity index (χ1v) is 7.88. The van der Waals surface area contributed by atoms with Gasteiger partial charge >= 0.3 is 0 Å². The van der Waals surface area contributed by atoms with Crippen molar-refractivity contribution in [1.82, 2.24) is 5.32 Å². The number of rotatable bonds is 3. The average Bonchev–Trinajstić information content (AvgIpc) is 3.11. The Labute approximate surface area is 131 Å². The molecule has 6 heteroatoms. The van der Waals surface area contributed by atoms with Gasteiger partial charge in [-0.3, -0.25) is 9.59 Å². The van der Waals surface area contributed by atoms with Crippen LogP contribution in [0.2, 0.25) is 5.02 Å². The molecule has 1 aliphatic heterocycles. The fourth-order valence-electron chi connectivity index (χ4n) is 2.36. The minimum atomic E-state index is -0.492. The third kappa shape index (κ3) is 2.80. The molecule has 2 amide bonds. The highest BCUT2D eigenvalue weighted by molar-refractivity contribution is 7.08. The third-order valence-electron chi connectivity index (χ3n) is 3.44. The number of thiophene rings is 1. The number of benzene rings is 1. The number of halogens is 1. The Morgan fingerprint density at radius 1 is 1.33 bits per heavy atom. The van der Waals surface area contributed by atoms with Gasteiger partial charge in [-0.15, -0.1) is 0 Å². The van der Waals surface area contributed by atoms with E-state index in [4.69, 9.17) is 11.6 Å². The molecule has 0 unspecified atom stereocenters. The van der Waals surface area contributed by atoms with Crippen LogP contribution in [-0.4, -0.2) is 24.4 Å². The summed E-state index contributed by atoms with van der Waals surface area (Å²) in [7, 11) is 0. The highest BCUT2D eigenvalue weighted by Crippen LogP contribution is 2.29. The SMILES string of the molecule is O=C(N[C@@H]1CCN(c2ccccc2Cl)C1=O)c1ccsc1. The summed E-state index contributed by atoms with van der Waals surface area (Å²) in [6.07, 6.45) is 0.583. The lowest BCUT2D eigenvalue weighted by Crippen LogP contribution is -2.41. The molecule has 2 aromatic rings. The zero-order valence-corrected chi connectivity index (χ0v) is 12.7. The Balaban J connectivity index is 1.72. The van der Waals surface area contributed by atoms with Crippen LogP contribution < -0.4 is 10.2 Å².